The van der Waals surface area contributed by atoms with Gasteiger partial charge in [0.1, 0.15) is 5.75 Å². The second kappa shape index (κ2) is 7.84. The van der Waals surface area contributed by atoms with Crippen LogP contribution in [0.1, 0.15) is 30.6 Å². The van der Waals surface area contributed by atoms with Crippen molar-refractivity contribution in [2.24, 2.45) is 5.92 Å². The Morgan fingerprint density at radius 1 is 0.960 bits per heavy atom. The van der Waals surface area contributed by atoms with Crippen molar-refractivity contribution in [3.8, 4) is 5.75 Å². The first-order chi connectivity index (χ1) is 12.1. The zero-order valence-corrected chi connectivity index (χ0v) is 14.7. The largest absolute Gasteiger partial charge is 0.494 e. The van der Waals surface area contributed by atoms with Crippen molar-refractivity contribution in [3.63, 3.8) is 0 Å². The third-order valence-electron chi connectivity index (χ3n) is 4.09. The summed E-state index contributed by atoms with van der Waals surface area (Å²) in [7, 11) is 0. The zero-order valence-electron chi connectivity index (χ0n) is 14.7. The molecule has 0 aliphatic heterocycles. The van der Waals surface area contributed by atoms with Gasteiger partial charge in [0.25, 0.3) is 5.91 Å². The van der Waals surface area contributed by atoms with Crippen LogP contribution >= 0.6 is 0 Å². The van der Waals surface area contributed by atoms with Crippen LogP contribution in [0.4, 0.5) is 5.69 Å². The SMILES string of the molecule is CC(C)CCOc1ccc(C(=O)Nc2ccc3ccccc3c2)cc1. The van der Waals surface area contributed by atoms with Crippen LogP contribution in [0.25, 0.3) is 10.8 Å². The van der Waals surface area contributed by atoms with E-state index in [1.165, 1.54) is 0 Å². The lowest BCUT2D eigenvalue weighted by molar-refractivity contribution is 0.102. The number of ether oxygens (including phenoxy) is 1. The van der Waals surface area contributed by atoms with E-state index in [1.54, 1.807) is 12.1 Å². The average molecular weight is 333 g/mol. The summed E-state index contributed by atoms with van der Waals surface area (Å²) in [6.07, 6.45) is 1.02. The molecule has 3 aromatic rings. The van der Waals surface area contributed by atoms with E-state index in [1.807, 2.05) is 48.5 Å². The molecule has 0 aliphatic carbocycles. The van der Waals surface area contributed by atoms with Crippen molar-refractivity contribution in [1.82, 2.24) is 0 Å². The van der Waals surface area contributed by atoms with E-state index >= 15 is 0 Å². The maximum Gasteiger partial charge on any atom is 0.255 e. The molecule has 3 nitrogen and oxygen atoms in total. The summed E-state index contributed by atoms with van der Waals surface area (Å²) in [5, 5.41) is 5.21. The molecule has 0 aliphatic rings. The third kappa shape index (κ3) is 4.60. The van der Waals surface area contributed by atoms with Gasteiger partial charge in [0.05, 0.1) is 6.61 Å². The highest BCUT2D eigenvalue weighted by atomic mass is 16.5. The van der Waals surface area contributed by atoms with Gasteiger partial charge in [0.2, 0.25) is 0 Å². The smallest absolute Gasteiger partial charge is 0.255 e. The van der Waals surface area contributed by atoms with Crippen molar-refractivity contribution in [2.75, 3.05) is 11.9 Å². The van der Waals surface area contributed by atoms with Gasteiger partial charge in [-0.1, -0.05) is 44.2 Å². The number of anilines is 1. The van der Waals surface area contributed by atoms with Crippen molar-refractivity contribution >= 4 is 22.4 Å². The van der Waals surface area contributed by atoms with Crippen LogP contribution in [0.3, 0.4) is 0 Å². The van der Waals surface area contributed by atoms with Crippen molar-refractivity contribution in [1.29, 1.82) is 0 Å². The standard InChI is InChI=1S/C22H23NO2/c1-16(2)13-14-25-21-11-8-18(9-12-21)22(24)23-20-10-7-17-5-3-4-6-19(17)15-20/h3-12,15-16H,13-14H2,1-2H3,(H,23,24). The second-order valence-electron chi connectivity index (χ2n) is 6.57. The number of fused-ring (bicyclic) bond motifs is 1. The molecule has 3 heteroatoms. The van der Waals surface area contributed by atoms with Crippen molar-refractivity contribution < 1.29 is 9.53 Å². The summed E-state index contributed by atoms with van der Waals surface area (Å²) in [5.41, 5.74) is 1.41. The molecule has 0 radical (unpaired) electrons. The number of amides is 1. The van der Waals surface area contributed by atoms with E-state index < -0.39 is 0 Å². The molecular weight excluding hydrogens is 310 g/mol. The molecule has 128 valence electrons. The van der Waals surface area contributed by atoms with Gasteiger partial charge >= 0.3 is 0 Å². The highest BCUT2D eigenvalue weighted by Crippen LogP contribution is 2.20. The highest BCUT2D eigenvalue weighted by molar-refractivity contribution is 6.05. The van der Waals surface area contributed by atoms with E-state index in [0.29, 0.717) is 18.1 Å². The van der Waals surface area contributed by atoms with E-state index in [4.69, 9.17) is 4.74 Å². The van der Waals surface area contributed by atoms with Crippen LogP contribution in [0.15, 0.2) is 66.7 Å². The zero-order chi connectivity index (χ0) is 17.6. The molecule has 1 amide bonds. The van der Waals surface area contributed by atoms with Gasteiger partial charge in [0, 0.05) is 11.3 Å². The van der Waals surface area contributed by atoms with Gasteiger partial charge in [-0.05, 0) is 59.5 Å². The normalized spacial score (nSPS) is 10.8. The number of hydrogen-bond donors (Lipinski definition) is 1. The highest BCUT2D eigenvalue weighted by Gasteiger charge is 2.07. The van der Waals surface area contributed by atoms with Gasteiger partial charge in [0.15, 0.2) is 0 Å². The first-order valence-electron chi connectivity index (χ1n) is 8.65. The Kier molecular flexibility index (Phi) is 5.34. The summed E-state index contributed by atoms with van der Waals surface area (Å²) in [5.74, 6) is 1.29. The van der Waals surface area contributed by atoms with Crippen LogP contribution in [-0.4, -0.2) is 12.5 Å². The van der Waals surface area contributed by atoms with Crippen LogP contribution in [-0.2, 0) is 0 Å². The predicted molar refractivity (Wildman–Crippen MR) is 103 cm³/mol. The Morgan fingerprint density at radius 3 is 2.40 bits per heavy atom. The van der Waals surface area contributed by atoms with E-state index in [2.05, 4.69) is 25.2 Å². The van der Waals surface area contributed by atoms with E-state index in [0.717, 1.165) is 28.6 Å². The lowest BCUT2D eigenvalue weighted by Gasteiger charge is -2.09. The molecule has 3 aromatic carbocycles. The number of rotatable bonds is 6. The maximum absolute atomic E-state index is 12.4. The van der Waals surface area contributed by atoms with E-state index in [-0.39, 0.29) is 5.91 Å². The Labute approximate surface area is 148 Å². The molecule has 0 heterocycles. The van der Waals surface area contributed by atoms with Gasteiger partial charge in [-0.25, -0.2) is 0 Å². The molecule has 0 saturated heterocycles. The molecule has 3 rings (SSSR count). The molecule has 0 fully saturated rings. The Bertz CT molecular complexity index is 853. The number of benzene rings is 3. The molecule has 25 heavy (non-hydrogen) atoms. The molecular formula is C22H23NO2. The van der Waals surface area contributed by atoms with Gasteiger partial charge in [-0.2, -0.15) is 0 Å². The molecule has 0 spiro atoms. The Balaban J connectivity index is 1.63. The first-order valence-corrected chi connectivity index (χ1v) is 8.65. The first kappa shape index (κ1) is 17.0. The Hall–Kier alpha value is -2.81. The van der Waals surface area contributed by atoms with E-state index in [9.17, 15) is 4.79 Å². The Morgan fingerprint density at radius 2 is 1.68 bits per heavy atom. The molecule has 0 aromatic heterocycles. The summed E-state index contributed by atoms with van der Waals surface area (Å²) < 4.78 is 5.69. The van der Waals surface area contributed by atoms with Gasteiger partial charge in [-0.15, -0.1) is 0 Å². The lowest BCUT2D eigenvalue weighted by atomic mass is 10.1. The minimum Gasteiger partial charge on any atom is -0.494 e. The molecule has 0 unspecified atom stereocenters. The molecule has 0 saturated carbocycles. The monoisotopic (exact) mass is 333 g/mol. The summed E-state index contributed by atoms with van der Waals surface area (Å²) in [4.78, 5) is 12.4. The summed E-state index contributed by atoms with van der Waals surface area (Å²) in [6.45, 7) is 5.04. The minimum atomic E-state index is -0.121. The van der Waals surface area contributed by atoms with Crippen molar-refractivity contribution in [3.05, 3.63) is 72.3 Å². The topological polar surface area (TPSA) is 38.3 Å². The summed E-state index contributed by atoms with van der Waals surface area (Å²) >= 11 is 0. The number of carbonyl (C=O) groups is 1. The lowest BCUT2D eigenvalue weighted by Crippen LogP contribution is -2.11. The van der Waals surface area contributed by atoms with Gasteiger partial charge < -0.3 is 10.1 Å². The second-order valence-corrected chi connectivity index (χ2v) is 6.57. The van der Waals surface area contributed by atoms with Gasteiger partial charge in [-0.3, -0.25) is 4.79 Å². The average Bonchev–Trinajstić information content (AvgIpc) is 2.62. The number of hydrogen-bond acceptors (Lipinski definition) is 2. The summed E-state index contributed by atoms with van der Waals surface area (Å²) in [6, 6.07) is 21.3. The van der Waals surface area contributed by atoms with Crippen LogP contribution in [0, 0.1) is 5.92 Å². The third-order valence-corrected chi connectivity index (χ3v) is 4.09. The quantitative estimate of drug-likeness (QED) is 0.645. The maximum atomic E-state index is 12.4. The van der Waals surface area contributed by atoms with Crippen LogP contribution < -0.4 is 10.1 Å². The number of carbonyl (C=O) groups excluding carboxylic acids is 1. The minimum absolute atomic E-state index is 0.121. The fourth-order valence-electron chi connectivity index (χ4n) is 2.59. The van der Waals surface area contributed by atoms with Crippen LogP contribution in [0.2, 0.25) is 0 Å². The molecule has 0 atom stereocenters. The predicted octanol–water partition coefficient (Wildman–Crippen LogP) is 5.52. The van der Waals surface area contributed by atoms with Crippen LogP contribution in [0.5, 0.6) is 5.75 Å². The molecule has 0 bridgehead atoms. The molecule has 1 N–H and O–H groups in total. The van der Waals surface area contributed by atoms with Crippen molar-refractivity contribution in [2.45, 2.75) is 20.3 Å². The number of nitrogens with one attached hydrogen (secondary N) is 1. The fraction of sp³-hybridized carbons (Fsp3) is 0.227. The fourth-order valence-corrected chi connectivity index (χ4v) is 2.59.